The van der Waals surface area contributed by atoms with Crippen LogP contribution in [-0.2, 0) is 9.53 Å². The van der Waals surface area contributed by atoms with Crippen LogP contribution >= 0.6 is 0 Å². The van der Waals surface area contributed by atoms with Gasteiger partial charge in [0.05, 0.1) is 56.0 Å². The predicted molar refractivity (Wildman–Crippen MR) is 200 cm³/mol. The molecule has 1 aliphatic rings. The number of hydrogen-bond acceptors (Lipinski definition) is 9. The van der Waals surface area contributed by atoms with Crippen molar-refractivity contribution >= 4 is 40.3 Å². The number of piperazine rings is 1. The van der Waals surface area contributed by atoms with E-state index in [0.29, 0.717) is 33.8 Å². The smallest absolute Gasteiger partial charge is 0.408 e. The maximum Gasteiger partial charge on any atom is 0.408 e. The van der Waals surface area contributed by atoms with Gasteiger partial charge in [-0.3, -0.25) is 14.5 Å². The van der Waals surface area contributed by atoms with Crippen LogP contribution in [0.2, 0.25) is 0 Å². The van der Waals surface area contributed by atoms with E-state index in [9.17, 15) is 23.6 Å². The van der Waals surface area contributed by atoms with Gasteiger partial charge < -0.3 is 34.8 Å². The van der Waals surface area contributed by atoms with Gasteiger partial charge in [-0.05, 0) is 75.2 Å². The number of halogens is 1. The lowest BCUT2D eigenvalue weighted by atomic mass is 10.0. The van der Waals surface area contributed by atoms with Crippen molar-refractivity contribution in [3.8, 4) is 11.5 Å². The van der Waals surface area contributed by atoms with Crippen LogP contribution in [-0.4, -0.2) is 85.1 Å². The maximum absolute atomic E-state index is 14.4. The van der Waals surface area contributed by atoms with Crippen LogP contribution in [0.25, 0.3) is 10.9 Å². The van der Waals surface area contributed by atoms with Gasteiger partial charge in [0.15, 0.2) is 5.82 Å². The van der Waals surface area contributed by atoms with Gasteiger partial charge in [-0.15, -0.1) is 0 Å². The van der Waals surface area contributed by atoms with Crippen molar-refractivity contribution in [1.82, 2.24) is 19.9 Å². The number of carbonyl (C=O) groups excluding carboxylic acids is 3. The number of fused-ring (bicyclic) bond motifs is 1. The molecule has 5 rings (SSSR count). The van der Waals surface area contributed by atoms with Crippen LogP contribution < -0.4 is 35.6 Å². The summed E-state index contributed by atoms with van der Waals surface area (Å²) in [6.45, 7) is 9.89. The first-order valence-corrected chi connectivity index (χ1v) is 17.4. The number of anilines is 2. The van der Waals surface area contributed by atoms with Crippen molar-refractivity contribution < 1.29 is 33.0 Å². The average Bonchev–Trinajstić information content (AvgIpc) is 3.14. The second kappa shape index (κ2) is 16.7. The zero-order chi connectivity index (χ0) is 38.4. The van der Waals surface area contributed by atoms with Gasteiger partial charge in [0.25, 0.3) is 5.56 Å². The topological polar surface area (TPSA) is 148 Å². The van der Waals surface area contributed by atoms with E-state index in [2.05, 4.69) is 10.6 Å². The van der Waals surface area contributed by atoms with Crippen molar-refractivity contribution in [3.63, 3.8) is 0 Å². The van der Waals surface area contributed by atoms with Gasteiger partial charge in [-0.25, -0.2) is 23.6 Å². The van der Waals surface area contributed by atoms with E-state index in [1.54, 1.807) is 68.1 Å². The summed E-state index contributed by atoms with van der Waals surface area (Å²) in [5, 5.41) is 7.72. The molecule has 0 saturated carbocycles. The lowest BCUT2D eigenvalue weighted by molar-refractivity contribution is -0.135. The Bertz CT molecular complexity index is 2000. The second-order valence-electron chi connectivity index (χ2n) is 13.2. The molecule has 53 heavy (non-hydrogen) atoms. The maximum atomic E-state index is 14.4. The Morgan fingerprint density at radius 3 is 2.19 bits per heavy atom. The third kappa shape index (κ3) is 8.62. The lowest BCUT2D eigenvalue weighted by Crippen LogP contribution is -2.60. The molecule has 0 spiro atoms. The van der Waals surface area contributed by atoms with Gasteiger partial charge in [0.1, 0.15) is 23.4 Å². The highest BCUT2D eigenvalue weighted by molar-refractivity contribution is 6.03. The Morgan fingerprint density at radius 1 is 0.887 bits per heavy atom. The fourth-order valence-corrected chi connectivity index (χ4v) is 6.20. The van der Waals surface area contributed by atoms with Gasteiger partial charge in [0.2, 0.25) is 5.91 Å². The highest BCUT2D eigenvalue weighted by atomic mass is 19.1. The number of aromatic nitrogens is 2. The van der Waals surface area contributed by atoms with E-state index in [4.69, 9.17) is 19.2 Å². The molecule has 282 valence electrons. The predicted octanol–water partition coefficient (Wildman–Crippen LogP) is 5.29. The number of amides is 4. The van der Waals surface area contributed by atoms with Crippen molar-refractivity contribution in [2.24, 2.45) is 5.92 Å². The van der Waals surface area contributed by atoms with Crippen LogP contribution in [0.15, 0.2) is 71.5 Å². The monoisotopic (exact) mass is 731 g/mol. The van der Waals surface area contributed by atoms with Gasteiger partial charge in [-0.1, -0.05) is 26.0 Å². The largest absolute Gasteiger partial charge is 0.497 e. The molecule has 2 N–H and O–H groups in total. The minimum atomic E-state index is -0.892. The molecule has 1 unspecified atom stereocenters. The summed E-state index contributed by atoms with van der Waals surface area (Å²) in [7, 11) is 2.98. The molecule has 1 aliphatic heterocycles. The molecule has 1 saturated heterocycles. The van der Waals surface area contributed by atoms with Crippen molar-refractivity contribution in [1.29, 1.82) is 0 Å². The van der Waals surface area contributed by atoms with Crippen LogP contribution in [0.3, 0.4) is 0 Å². The first-order chi connectivity index (χ1) is 25.3. The number of para-hydroxylation sites is 1. The SMILES string of the molecule is COc1ccc(N(C(=O)Nc2ccc(F)cc2)C(C)c2nc3ccccc3c(=O)n2N2CCN(C(=O)[C@@H](NC(=O)OC(C)C)C(C)C)CC2)c(OC)c1. The fraction of sp³-hybridized carbons (Fsp3) is 0.395. The first kappa shape index (κ1) is 38.4. The third-order valence-corrected chi connectivity index (χ3v) is 8.90. The van der Waals surface area contributed by atoms with Crippen LogP contribution in [0.4, 0.5) is 25.4 Å². The molecule has 2 atom stereocenters. The Morgan fingerprint density at radius 2 is 1.57 bits per heavy atom. The zero-order valence-electron chi connectivity index (χ0n) is 31.0. The summed E-state index contributed by atoms with van der Waals surface area (Å²) in [4.78, 5) is 62.8. The fourth-order valence-electron chi connectivity index (χ4n) is 6.20. The number of nitrogens with zero attached hydrogens (tertiary/aromatic N) is 5. The van der Waals surface area contributed by atoms with E-state index >= 15 is 0 Å². The van der Waals surface area contributed by atoms with Crippen molar-refractivity contribution in [2.45, 2.75) is 52.8 Å². The third-order valence-electron chi connectivity index (χ3n) is 8.90. The molecule has 1 fully saturated rings. The molecule has 0 bridgehead atoms. The van der Waals surface area contributed by atoms with E-state index in [1.807, 2.05) is 18.9 Å². The van der Waals surface area contributed by atoms with Crippen molar-refractivity contribution in [2.75, 3.05) is 55.6 Å². The summed E-state index contributed by atoms with van der Waals surface area (Å²) < 4.78 is 31.5. The molecule has 4 aromatic rings. The molecule has 1 aromatic heterocycles. The minimum Gasteiger partial charge on any atom is -0.497 e. The average molecular weight is 732 g/mol. The minimum absolute atomic E-state index is 0.206. The molecular formula is C38H46FN7O7. The normalized spacial score (nSPS) is 14.2. The summed E-state index contributed by atoms with van der Waals surface area (Å²) >= 11 is 0. The van der Waals surface area contributed by atoms with Crippen LogP contribution in [0, 0.1) is 11.7 Å². The molecule has 4 amide bonds. The number of benzene rings is 3. The Labute approximate surface area is 307 Å². The van der Waals surface area contributed by atoms with E-state index < -0.39 is 30.0 Å². The summed E-state index contributed by atoms with van der Waals surface area (Å²) in [5.74, 6) is 0.143. The number of methoxy groups -OCH3 is 2. The van der Waals surface area contributed by atoms with Crippen LogP contribution in [0.1, 0.15) is 46.5 Å². The molecule has 0 radical (unpaired) electrons. The number of rotatable bonds is 11. The summed E-state index contributed by atoms with van der Waals surface area (Å²) in [6, 6.07) is 15.0. The quantitative estimate of drug-likeness (QED) is 0.210. The highest BCUT2D eigenvalue weighted by Crippen LogP contribution is 2.37. The number of nitrogens with one attached hydrogen (secondary N) is 2. The van der Waals surface area contributed by atoms with Crippen LogP contribution in [0.5, 0.6) is 11.5 Å². The number of carbonyl (C=O) groups is 3. The summed E-state index contributed by atoms with van der Waals surface area (Å²) in [5.41, 5.74) is 0.783. The Hall–Kier alpha value is -5.86. The second-order valence-corrected chi connectivity index (χ2v) is 13.2. The van der Waals surface area contributed by atoms with Gasteiger partial charge >= 0.3 is 12.1 Å². The standard InChI is InChI=1S/C38H46FN7O7/c1-23(2)33(42-38(50)53-24(3)4)36(48)43-18-20-44(21-19-43)46-34(41-30-11-9-8-10-29(30)35(46)47)25(5)45(31-17-16-28(51-6)22-32(31)52-7)37(49)40-27-14-12-26(39)13-15-27/h8-17,22-25,33H,18-21H2,1-7H3,(H,40,49)(H,42,50)/t25?,33-/m0/s1. The van der Waals surface area contributed by atoms with Crippen molar-refractivity contribution in [3.05, 3.63) is 88.7 Å². The molecule has 2 heterocycles. The number of alkyl carbamates (subject to hydrolysis) is 1. The van der Waals surface area contributed by atoms with Gasteiger partial charge in [0, 0.05) is 24.8 Å². The number of ether oxygens (including phenoxy) is 3. The van der Waals surface area contributed by atoms with E-state index in [-0.39, 0.29) is 55.5 Å². The highest BCUT2D eigenvalue weighted by Gasteiger charge is 2.35. The molecule has 3 aromatic carbocycles. The number of urea groups is 1. The molecule has 0 aliphatic carbocycles. The van der Waals surface area contributed by atoms with E-state index in [0.717, 1.165) is 0 Å². The number of hydrogen-bond donors (Lipinski definition) is 2. The zero-order valence-corrected chi connectivity index (χ0v) is 31.0. The van der Waals surface area contributed by atoms with E-state index in [1.165, 1.54) is 48.1 Å². The molecule has 15 heteroatoms. The van der Waals surface area contributed by atoms with Gasteiger partial charge in [-0.2, -0.15) is 0 Å². The summed E-state index contributed by atoms with van der Waals surface area (Å²) in [6.07, 6.45) is -1.01. The Kier molecular flexibility index (Phi) is 12.1. The molecular weight excluding hydrogens is 685 g/mol. The molecule has 14 nitrogen and oxygen atoms in total. The Balaban J connectivity index is 1.53. The lowest BCUT2D eigenvalue weighted by Gasteiger charge is -2.40. The first-order valence-electron chi connectivity index (χ1n) is 17.4.